The molecule has 0 radical (unpaired) electrons. The lowest BCUT2D eigenvalue weighted by Crippen LogP contribution is -2.29. The number of hydrogen-bond acceptors (Lipinski definition) is 3. The van der Waals surface area contributed by atoms with E-state index in [0.29, 0.717) is 6.42 Å². The molecule has 17 heavy (non-hydrogen) atoms. The number of nitrogens with zero attached hydrogens (tertiary/aromatic N) is 1. The molecule has 1 N–H and O–H groups in total. The summed E-state index contributed by atoms with van der Waals surface area (Å²) in [6.07, 6.45) is 2.47. The topological polar surface area (TPSA) is 32.3 Å². The number of likely N-dealkylation sites (N-methyl/N-ethyl adjacent to an activating group) is 1. The molecule has 0 saturated heterocycles. The molecule has 0 fully saturated rings. The Morgan fingerprint density at radius 1 is 1.53 bits per heavy atom. The fourth-order valence-electron chi connectivity index (χ4n) is 1.50. The second-order valence-electron chi connectivity index (χ2n) is 3.98. The molecule has 1 amide bonds. The molecule has 0 spiro atoms. The van der Waals surface area contributed by atoms with Gasteiger partial charge in [-0.05, 0) is 54.5 Å². The average molecular weight is 319 g/mol. The van der Waals surface area contributed by atoms with Crippen molar-refractivity contribution in [3.63, 3.8) is 0 Å². The van der Waals surface area contributed by atoms with Gasteiger partial charge in [0.1, 0.15) is 0 Å². The molecular weight excluding hydrogens is 300 g/mol. The van der Waals surface area contributed by atoms with Crippen molar-refractivity contribution in [1.29, 1.82) is 0 Å². The van der Waals surface area contributed by atoms with Gasteiger partial charge in [-0.25, -0.2) is 0 Å². The van der Waals surface area contributed by atoms with Crippen LogP contribution in [0.1, 0.15) is 17.7 Å². The van der Waals surface area contributed by atoms with Gasteiger partial charge in [-0.15, -0.1) is 11.3 Å². The van der Waals surface area contributed by atoms with E-state index in [1.807, 2.05) is 19.0 Å². The van der Waals surface area contributed by atoms with E-state index in [1.54, 1.807) is 11.3 Å². The normalized spacial score (nSPS) is 10.5. The molecule has 3 nitrogen and oxygen atoms in total. The van der Waals surface area contributed by atoms with Crippen LogP contribution in [0.3, 0.4) is 0 Å². The van der Waals surface area contributed by atoms with Crippen LogP contribution in [0, 0.1) is 0 Å². The number of nitrogens with one attached hydrogen (secondary N) is 1. The van der Waals surface area contributed by atoms with E-state index < -0.39 is 0 Å². The maximum Gasteiger partial charge on any atom is 0.222 e. The zero-order valence-corrected chi connectivity index (χ0v) is 12.7. The second-order valence-corrected chi connectivity index (χ2v) is 6.53. The van der Waals surface area contributed by atoms with E-state index in [2.05, 4.69) is 33.4 Å². The summed E-state index contributed by atoms with van der Waals surface area (Å²) in [5, 5.41) is 3.05. The fourth-order valence-corrected chi connectivity index (χ4v) is 2.97. The van der Waals surface area contributed by atoms with E-state index in [9.17, 15) is 4.79 Å². The molecule has 0 aliphatic heterocycles. The van der Waals surface area contributed by atoms with Crippen molar-refractivity contribution in [2.75, 3.05) is 27.2 Å². The molecule has 0 aliphatic rings. The fraction of sp³-hybridized carbons (Fsp3) is 0.583. The van der Waals surface area contributed by atoms with Crippen molar-refractivity contribution in [3.05, 3.63) is 20.8 Å². The lowest BCUT2D eigenvalue weighted by Gasteiger charge is -2.16. The maximum atomic E-state index is 11.7. The van der Waals surface area contributed by atoms with E-state index >= 15 is 0 Å². The Kier molecular flexibility index (Phi) is 6.77. The monoisotopic (exact) mass is 318 g/mol. The number of hydrogen-bond donors (Lipinski definition) is 1. The third-order valence-corrected chi connectivity index (χ3v) is 4.25. The highest BCUT2D eigenvalue weighted by Crippen LogP contribution is 2.22. The van der Waals surface area contributed by atoms with E-state index in [-0.39, 0.29) is 5.91 Å². The molecule has 96 valence electrons. The molecule has 1 rings (SSSR count). The molecule has 1 aromatic rings. The Labute approximate surface area is 115 Å². The smallest absolute Gasteiger partial charge is 0.222 e. The number of halogens is 1. The van der Waals surface area contributed by atoms with Crippen LogP contribution in [0.5, 0.6) is 0 Å². The Morgan fingerprint density at radius 2 is 2.29 bits per heavy atom. The predicted molar refractivity (Wildman–Crippen MR) is 76.5 cm³/mol. The van der Waals surface area contributed by atoms with Gasteiger partial charge < -0.3 is 10.2 Å². The van der Waals surface area contributed by atoms with E-state index in [4.69, 9.17) is 0 Å². The molecule has 0 aliphatic carbocycles. The third-order valence-electron chi connectivity index (χ3n) is 2.57. The molecule has 0 unspecified atom stereocenters. The van der Waals surface area contributed by atoms with Crippen LogP contribution >= 0.6 is 27.3 Å². The minimum absolute atomic E-state index is 0.232. The first-order chi connectivity index (χ1) is 8.13. The standard InChI is InChI=1S/C12H19BrN2OS/c1-14-8-3-4-12(16)15(2)9-7-10-5-6-11(13)17-10/h5-6,14H,3-4,7-9H2,1-2H3. The SMILES string of the molecule is CNCCCC(=O)N(C)CCc1ccc(Br)s1. The van der Waals surface area contributed by atoms with E-state index in [0.717, 1.165) is 29.7 Å². The van der Waals surface area contributed by atoms with Gasteiger partial charge >= 0.3 is 0 Å². The number of carbonyl (C=O) groups is 1. The van der Waals surface area contributed by atoms with Crippen molar-refractivity contribution >= 4 is 33.2 Å². The minimum Gasteiger partial charge on any atom is -0.345 e. The van der Waals surface area contributed by atoms with Crippen molar-refractivity contribution in [2.24, 2.45) is 0 Å². The Morgan fingerprint density at radius 3 is 2.88 bits per heavy atom. The van der Waals surface area contributed by atoms with Gasteiger partial charge in [0.05, 0.1) is 3.79 Å². The molecule has 1 heterocycles. The summed E-state index contributed by atoms with van der Waals surface area (Å²) in [6.45, 7) is 1.70. The Balaban J connectivity index is 2.24. The van der Waals surface area contributed by atoms with Crippen molar-refractivity contribution in [1.82, 2.24) is 10.2 Å². The van der Waals surface area contributed by atoms with Crippen LogP contribution < -0.4 is 5.32 Å². The van der Waals surface area contributed by atoms with Crippen molar-refractivity contribution < 1.29 is 4.79 Å². The van der Waals surface area contributed by atoms with Crippen LogP contribution in [0.15, 0.2) is 15.9 Å². The van der Waals surface area contributed by atoms with Gasteiger partial charge in [0.25, 0.3) is 0 Å². The van der Waals surface area contributed by atoms with Gasteiger partial charge in [-0.2, -0.15) is 0 Å². The summed E-state index contributed by atoms with van der Waals surface area (Å²) >= 11 is 5.17. The van der Waals surface area contributed by atoms with Crippen LogP contribution in [-0.4, -0.2) is 38.0 Å². The summed E-state index contributed by atoms with van der Waals surface area (Å²) in [4.78, 5) is 14.9. The van der Waals surface area contributed by atoms with Gasteiger partial charge in [0.15, 0.2) is 0 Å². The molecule has 1 aromatic heterocycles. The first-order valence-corrected chi connectivity index (χ1v) is 7.37. The summed E-state index contributed by atoms with van der Waals surface area (Å²) in [6, 6.07) is 4.16. The number of rotatable bonds is 7. The Bertz CT molecular complexity index is 354. The third kappa shape index (κ3) is 5.66. The van der Waals surface area contributed by atoms with Crippen molar-refractivity contribution in [3.8, 4) is 0 Å². The predicted octanol–water partition coefficient (Wildman–Crippen LogP) is 2.51. The lowest BCUT2D eigenvalue weighted by atomic mass is 10.2. The highest BCUT2D eigenvalue weighted by molar-refractivity contribution is 9.11. The lowest BCUT2D eigenvalue weighted by molar-refractivity contribution is -0.129. The van der Waals surface area contributed by atoms with Crippen LogP contribution in [0.4, 0.5) is 0 Å². The van der Waals surface area contributed by atoms with E-state index in [1.165, 1.54) is 4.88 Å². The highest BCUT2D eigenvalue weighted by atomic mass is 79.9. The average Bonchev–Trinajstić information content (AvgIpc) is 2.72. The quantitative estimate of drug-likeness (QED) is 0.783. The zero-order chi connectivity index (χ0) is 12.7. The maximum absolute atomic E-state index is 11.7. The zero-order valence-electron chi connectivity index (χ0n) is 10.3. The number of amides is 1. The first kappa shape index (κ1) is 14.7. The highest BCUT2D eigenvalue weighted by Gasteiger charge is 2.08. The molecule has 5 heteroatoms. The van der Waals surface area contributed by atoms with Crippen LogP contribution in [0.2, 0.25) is 0 Å². The summed E-state index contributed by atoms with van der Waals surface area (Å²) in [7, 11) is 3.78. The number of carbonyl (C=O) groups excluding carboxylic acids is 1. The summed E-state index contributed by atoms with van der Waals surface area (Å²) in [5.41, 5.74) is 0. The number of thiophene rings is 1. The minimum atomic E-state index is 0.232. The molecule has 0 saturated carbocycles. The summed E-state index contributed by atoms with van der Waals surface area (Å²) < 4.78 is 1.15. The second kappa shape index (κ2) is 7.84. The molecule has 0 atom stereocenters. The first-order valence-electron chi connectivity index (χ1n) is 5.76. The Hall–Kier alpha value is -0.390. The van der Waals surface area contributed by atoms with Crippen LogP contribution in [-0.2, 0) is 11.2 Å². The van der Waals surface area contributed by atoms with Gasteiger partial charge in [-0.1, -0.05) is 0 Å². The van der Waals surface area contributed by atoms with Crippen molar-refractivity contribution in [2.45, 2.75) is 19.3 Å². The summed E-state index contributed by atoms with van der Waals surface area (Å²) in [5.74, 6) is 0.232. The largest absolute Gasteiger partial charge is 0.345 e. The molecular formula is C12H19BrN2OS. The van der Waals surface area contributed by atoms with Crippen LogP contribution in [0.25, 0.3) is 0 Å². The molecule has 0 aromatic carbocycles. The van der Waals surface area contributed by atoms with Gasteiger partial charge in [-0.3, -0.25) is 4.79 Å². The van der Waals surface area contributed by atoms with Gasteiger partial charge in [0, 0.05) is 24.9 Å². The molecule has 0 bridgehead atoms. The van der Waals surface area contributed by atoms with Gasteiger partial charge in [0.2, 0.25) is 5.91 Å².